The number of alkyl halides is 3. The first-order valence-electron chi connectivity index (χ1n) is 4.71. The van der Waals surface area contributed by atoms with E-state index in [0.29, 0.717) is 16.7 Å². The van der Waals surface area contributed by atoms with Crippen LogP contribution in [0.25, 0.3) is 0 Å². The summed E-state index contributed by atoms with van der Waals surface area (Å²) in [6.45, 7) is 2.83. The van der Waals surface area contributed by atoms with E-state index in [1.54, 1.807) is 0 Å². The smallest absolute Gasteiger partial charge is 0.431 e. The summed E-state index contributed by atoms with van der Waals surface area (Å²) in [5.41, 5.74) is -2.90. The summed E-state index contributed by atoms with van der Waals surface area (Å²) < 4.78 is 38.6. The first kappa shape index (κ1) is 13.3. The van der Waals surface area contributed by atoms with E-state index in [-0.39, 0.29) is 0 Å². The predicted molar refractivity (Wildman–Crippen MR) is 53.0 cm³/mol. The van der Waals surface area contributed by atoms with Crippen LogP contribution in [0, 0.1) is 0 Å². The highest BCUT2D eigenvalue weighted by Gasteiger charge is 2.36. The molecule has 17 heavy (non-hydrogen) atoms. The lowest BCUT2D eigenvalue weighted by atomic mass is 10.2. The van der Waals surface area contributed by atoms with Gasteiger partial charge in [0, 0.05) is 12.1 Å². The van der Waals surface area contributed by atoms with Crippen LogP contribution < -0.4 is 5.56 Å². The molecule has 0 atom stereocenters. The number of carboxylic acids is 1. The number of rotatable bonds is 2. The maximum atomic E-state index is 12.7. The van der Waals surface area contributed by atoms with Gasteiger partial charge in [-0.15, -0.1) is 0 Å². The van der Waals surface area contributed by atoms with Gasteiger partial charge in [0.05, 0.1) is 5.56 Å². The Hall–Kier alpha value is -1.79. The Morgan fingerprint density at radius 1 is 1.35 bits per heavy atom. The third kappa shape index (κ3) is 2.66. The zero-order chi connectivity index (χ0) is 13.4. The normalized spacial score (nSPS) is 11.9. The van der Waals surface area contributed by atoms with Crippen LogP contribution in [0.5, 0.6) is 0 Å². The fourth-order valence-electron chi connectivity index (χ4n) is 1.45. The summed E-state index contributed by atoms with van der Waals surface area (Å²) in [6.07, 6.45) is -4.77. The highest BCUT2D eigenvalue weighted by atomic mass is 19.4. The van der Waals surface area contributed by atoms with E-state index in [2.05, 4.69) is 0 Å². The van der Waals surface area contributed by atoms with Gasteiger partial charge in [-0.25, -0.2) is 4.79 Å². The summed E-state index contributed by atoms with van der Waals surface area (Å²) >= 11 is 0. The maximum Gasteiger partial charge on any atom is 0.431 e. The first-order chi connectivity index (χ1) is 7.64. The van der Waals surface area contributed by atoms with Crippen molar-refractivity contribution in [1.29, 1.82) is 0 Å². The zero-order valence-corrected chi connectivity index (χ0v) is 9.08. The standard InChI is InChI=1S/C10H10F3NO3/c1-5(2)14-7(10(11,12)13)3-6(9(16)17)4-8(14)15/h3-5H,1-2H3,(H,16,17). The average molecular weight is 249 g/mol. The molecule has 0 saturated heterocycles. The SMILES string of the molecule is CC(C)n1c(C(F)(F)F)cc(C(=O)O)cc1=O. The lowest BCUT2D eigenvalue weighted by molar-refractivity contribution is -0.144. The number of halogens is 3. The molecule has 0 aliphatic heterocycles. The largest absolute Gasteiger partial charge is 0.478 e. The molecule has 0 aliphatic rings. The van der Waals surface area contributed by atoms with Crippen molar-refractivity contribution in [2.75, 3.05) is 0 Å². The number of carbonyl (C=O) groups is 1. The molecule has 1 rings (SSSR count). The number of carboxylic acid groups (broad SMARTS) is 1. The lowest BCUT2D eigenvalue weighted by Crippen LogP contribution is -2.30. The van der Waals surface area contributed by atoms with Crippen molar-refractivity contribution in [2.24, 2.45) is 0 Å². The molecule has 0 radical (unpaired) electrons. The summed E-state index contributed by atoms with van der Waals surface area (Å²) in [4.78, 5) is 22.1. The minimum Gasteiger partial charge on any atom is -0.478 e. The monoisotopic (exact) mass is 249 g/mol. The van der Waals surface area contributed by atoms with Gasteiger partial charge in [0.2, 0.25) is 0 Å². The molecule has 0 fully saturated rings. The number of hydrogen-bond donors (Lipinski definition) is 1. The quantitative estimate of drug-likeness (QED) is 0.873. The molecule has 1 aromatic heterocycles. The highest BCUT2D eigenvalue weighted by molar-refractivity contribution is 5.87. The van der Waals surface area contributed by atoms with Gasteiger partial charge in [0.15, 0.2) is 0 Å². The van der Waals surface area contributed by atoms with Crippen LogP contribution in [0.1, 0.15) is 35.9 Å². The molecular weight excluding hydrogens is 239 g/mol. The minimum atomic E-state index is -4.77. The third-order valence-corrected chi connectivity index (χ3v) is 2.12. The Labute approximate surface area is 94.3 Å². The van der Waals surface area contributed by atoms with E-state index in [9.17, 15) is 22.8 Å². The van der Waals surface area contributed by atoms with Crippen molar-refractivity contribution in [3.8, 4) is 0 Å². The van der Waals surface area contributed by atoms with Gasteiger partial charge in [0.1, 0.15) is 5.69 Å². The molecule has 94 valence electrons. The molecular formula is C10H10F3NO3. The number of pyridine rings is 1. The average Bonchev–Trinajstić information content (AvgIpc) is 2.14. The molecule has 0 spiro atoms. The lowest BCUT2D eigenvalue weighted by Gasteiger charge is -2.18. The Bertz CT molecular complexity index is 502. The van der Waals surface area contributed by atoms with Crippen LogP contribution in [-0.4, -0.2) is 15.6 Å². The Morgan fingerprint density at radius 3 is 2.24 bits per heavy atom. The van der Waals surface area contributed by atoms with Gasteiger partial charge in [-0.2, -0.15) is 13.2 Å². The molecule has 1 aromatic rings. The fourth-order valence-corrected chi connectivity index (χ4v) is 1.45. The Morgan fingerprint density at radius 2 is 1.88 bits per heavy atom. The second-order valence-corrected chi connectivity index (χ2v) is 3.73. The van der Waals surface area contributed by atoms with Crippen molar-refractivity contribution in [3.63, 3.8) is 0 Å². The minimum absolute atomic E-state index is 0.462. The molecule has 1 N–H and O–H groups in total. The van der Waals surface area contributed by atoms with E-state index in [0.717, 1.165) is 0 Å². The highest BCUT2D eigenvalue weighted by Crippen LogP contribution is 2.30. The molecule has 0 aromatic carbocycles. The van der Waals surface area contributed by atoms with Gasteiger partial charge < -0.3 is 9.67 Å². The van der Waals surface area contributed by atoms with Gasteiger partial charge in [-0.3, -0.25) is 4.79 Å². The van der Waals surface area contributed by atoms with Crippen LogP contribution in [0.4, 0.5) is 13.2 Å². The number of hydrogen-bond acceptors (Lipinski definition) is 2. The topological polar surface area (TPSA) is 59.3 Å². The summed E-state index contributed by atoms with van der Waals surface area (Å²) in [5.74, 6) is -1.57. The number of nitrogens with zero attached hydrogens (tertiary/aromatic N) is 1. The van der Waals surface area contributed by atoms with E-state index < -0.39 is 35.0 Å². The van der Waals surface area contributed by atoms with Crippen molar-refractivity contribution in [1.82, 2.24) is 4.57 Å². The third-order valence-electron chi connectivity index (χ3n) is 2.12. The first-order valence-corrected chi connectivity index (χ1v) is 4.71. The molecule has 0 amide bonds. The second-order valence-electron chi connectivity index (χ2n) is 3.73. The van der Waals surface area contributed by atoms with Gasteiger partial charge in [-0.05, 0) is 19.9 Å². The van der Waals surface area contributed by atoms with Crippen molar-refractivity contribution >= 4 is 5.97 Å². The van der Waals surface area contributed by atoms with Crippen molar-refractivity contribution in [2.45, 2.75) is 26.1 Å². The van der Waals surface area contributed by atoms with E-state index in [4.69, 9.17) is 5.11 Å². The summed E-state index contributed by atoms with van der Waals surface area (Å²) in [6, 6.07) is 0.434. The van der Waals surface area contributed by atoms with Crippen LogP contribution in [0.15, 0.2) is 16.9 Å². The van der Waals surface area contributed by atoms with E-state index in [1.165, 1.54) is 13.8 Å². The van der Waals surface area contributed by atoms with E-state index in [1.807, 2.05) is 0 Å². The molecule has 4 nitrogen and oxygen atoms in total. The van der Waals surface area contributed by atoms with Crippen molar-refractivity contribution < 1.29 is 23.1 Å². The van der Waals surface area contributed by atoms with Crippen LogP contribution in [-0.2, 0) is 6.18 Å². The maximum absolute atomic E-state index is 12.7. The van der Waals surface area contributed by atoms with Crippen molar-refractivity contribution in [3.05, 3.63) is 33.7 Å². The molecule has 0 bridgehead atoms. The van der Waals surface area contributed by atoms with E-state index >= 15 is 0 Å². The molecule has 0 aliphatic carbocycles. The number of aromatic nitrogens is 1. The number of aromatic carboxylic acids is 1. The zero-order valence-electron chi connectivity index (χ0n) is 9.08. The van der Waals surface area contributed by atoms with Gasteiger partial charge in [-0.1, -0.05) is 0 Å². The van der Waals surface area contributed by atoms with Crippen LogP contribution in [0.3, 0.4) is 0 Å². The second kappa shape index (κ2) is 4.23. The Kier molecular flexibility index (Phi) is 3.30. The predicted octanol–water partition coefficient (Wildman–Crippen LogP) is 2.15. The molecule has 0 unspecified atom stereocenters. The fraction of sp³-hybridized carbons (Fsp3) is 0.400. The van der Waals surface area contributed by atoms with Gasteiger partial charge in [0.25, 0.3) is 5.56 Å². The van der Waals surface area contributed by atoms with Crippen LogP contribution >= 0.6 is 0 Å². The molecule has 1 heterocycles. The Balaban J connectivity index is 3.63. The summed E-state index contributed by atoms with van der Waals surface area (Å²) in [7, 11) is 0. The van der Waals surface area contributed by atoms with Crippen LogP contribution in [0.2, 0.25) is 0 Å². The summed E-state index contributed by atoms with van der Waals surface area (Å²) in [5, 5.41) is 8.61. The van der Waals surface area contributed by atoms with Gasteiger partial charge >= 0.3 is 12.1 Å². The molecule has 7 heteroatoms. The molecule has 0 saturated carbocycles.